The van der Waals surface area contributed by atoms with Gasteiger partial charge in [-0.25, -0.2) is 4.79 Å². The fourth-order valence-electron chi connectivity index (χ4n) is 2.29. The second-order valence-electron chi connectivity index (χ2n) is 5.13. The van der Waals surface area contributed by atoms with Crippen LogP contribution in [-0.2, 0) is 0 Å². The largest absolute Gasteiger partial charge is 0.478 e. The molecule has 0 atom stereocenters. The number of aliphatic hydroxyl groups is 1. The highest BCUT2D eigenvalue weighted by atomic mass is 16.4. The van der Waals surface area contributed by atoms with Crippen LogP contribution in [0.3, 0.4) is 0 Å². The number of anilines is 1. The van der Waals surface area contributed by atoms with E-state index in [1.54, 1.807) is 12.1 Å². The van der Waals surface area contributed by atoms with Crippen LogP contribution in [0.5, 0.6) is 0 Å². The van der Waals surface area contributed by atoms with Gasteiger partial charge in [0.15, 0.2) is 0 Å². The molecule has 98 valence electrons. The molecular formula is C14H19NO3. The number of nitrogens with one attached hydrogen (secondary N) is 1. The molecule has 1 aliphatic carbocycles. The minimum absolute atomic E-state index is 0.173. The fourth-order valence-corrected chi connectivity index (χ4v) is 2.29. The van der Waals surface area contributed by atoms with Crippen molar-refractivity contribution in [3.8, 4) is 0 Å². The third-order valence-electron chi connectivity index (χ3n) is 3.74. The number of rotatable bonds is 6. The molecule has 4 nitrogen and oxygen atoms in total. The van der Waals surface area contributed by atoms with Gasteiger partial charge < -0.3 is 15.5 Å². The molecule has 2 rings (SSSR count). The molecular weight excluding hydrogens is 230 g/mol. The molecule has 0 spiro atoms. The van der Waals surface area contributed by atoms with Gasteiger partial charge in [0.25, 0.3) is 0 Å². The van der Waals surface area contributed by atoms with Gasteiger partial charge in [0, 0.05) is 13.2 Å². The summed E-state index contributed by atoms with van der Waals surface area (Å²) in [5, 5.41) is 21.4. The predicted molar refractivity (Wildman–Crippen MR) is 70.0 cm³/mol. The molecule has 0 bridgehead atoms. The van der Waals surface area contributed by atoms with E-state index in [0.29, 0.717) is 11.3 Å². The zero-order valence-electron chi connectivity index (χ0n) is 10.6. The lowest BCUT2D eigenvalue weighted by Crippen LogP contribution is -2.19. The Morgan fingerprint density at radius 2 is 2.17 bits per heavy atom. The third kappa shape index (κ3) is 2.64. The Hall–Kier alpha value is -1.55. The molecule has 0 amide bonds. The van der Waals surface area contributed by atoms with Gasteiger partial charge >= 0.3 is 5.97 Å². The fraction of sp³-hybridized carbons (Fsp3) is 0.500. The Bertz CT molecular complexity index is 452. The maximum Gasteiger partial charge on any atom is 0.337 e. The van der Waals surface area contributed by atoms with Crippen LogP contribution >= 0.6 is 0 Å². The maximum absolute atomic E-state index is 11.2. The molecule has 18 heavy (non-hydrogen) atoms. The topological polar surface area (TPSA) is 69.6 Å². The van der Waals surface area contributed by atoms with Gasteiger partial charge in [-0.1, -0.05) is 12.1 Å². The number of carboxylic acid groups (broad SMARTS) is 1. The van der Waals surface area contributed by atoms with Crippen LogP contribution in [0.2, 0.25) is 0 Å². The summed E-state index contributed by atoms with van der Waals surface area (Å²) >= 11 is 0. The Labute approximate surface area is 107 Å². The summed E-state index contributed by atoms with van der Waals surface area (Å²) < 4.78 is 0. The van der Waals surface area contributed by atoms with Crippen molar-refractivity contribution in [2.75, 3.05) is 18.5 Å². The summed E-state index contributed by atoms with van der Waals surface area (Å²) in [5.74, 6) is -0.909. The Morgan fingerprint density at radius 1 is 1.44 bits per heavy atom. The van der Waals surface area contributed by atoms with Crippen LogP contribution in [0.25, 0.3) is 0 Å². The van der Waals surface area contributed by atoms with Gasteiger partial charge in [0.2, 0.25) is 0 Å². The monoisotopic (exact) mass is 249 g/mol. The molecule has 3 N–H and O–H groups in total. The van der Waals surface area contributed by atoms with Crippen molar-refractivity contribution < 1.29 is 15.0 Å². The third-order valence-corrected chi connectivity index (χ3v) is 3.74. The molecule has 0 saturated heterocycles. The first-order valence-electron chi connectivity index (χ1n) is 6.26. The van der Waals surface area contributed by atoms with Crippen LogP contribution in [0.1, 0.15) is 35.2 Å². The summed E-state index contributed by atoms with van der Waals surface area (Å²) in [5.41, 5.74) is 2.13. The van der Waals surface area contributed by atoms with Gasteiger partial charge in [-0.05, 0) is 43.2 Å². The number of carboxylic acids is 1. The lowest BCUT2D eigenvalue weighted by Gasteiger charge is -2.18. The van der Waals surface area contributed by atoms with Crippen molar-refractivity contribution in [1.82, 2.24) is 0 Å². The van der Waals surface area contributed by atoms with Crippen LogP contribution in [0, 0.1) is 12.3 Å². The number of hydrogen-bond acceptors (Lipinski definition) is 3. The van der Waals surface area contributed by atoms with Gasteiger partial charge in [-0.3, -0.25) is 0 Å². The van der Waals surface area contributed by atoms with E-state index in [0.717, 1.165) is 31.4 Å². The number of benzene rings is 1. The average Bonchev–Trinajstić information content (AvgIpc) is 3.08. The molecule has 0 aromatic heterocycles. The van der Waals surface area contributed by atoms with E-state index in [9.17, 15) is 4.79 Å². The molecule has 0 radical (unpaired) electrons. The van der Waals surface area contributed by atoms with Crippen molar-refractivity contribution in [1.29, 1.82) is 0 Å². The Kier molecular flexibility index (Phi) is 3.57. The quantitative estimate of drug-likeness (QED) is 0.723. The Morgan fingerprint density at radius 3 is 2.72 bits per heavy atom. The van der Waals surface area contributed by atoms with Gasteiger partial charge in [-0.2, -0.15) is 0 Å². The molecule has 1 saturated carbocycles. The maximum atomic E-state index is 11.2. The number of aryl methyl sites for hydroxylation is 1. The molecule has 1 fully saturated rings. The first-order chi connectivity index (χ1) is 8.58. The molecule has 0 aliphatic heterocycles. The van der Waals surface area contributed by atoms with E-state index < -0.39 is 5.97 Å². The second kappa shape index (κ2) is 4.98. The number of para-hydroxylation sites is 1. The van der Waals surface area contributed by atoms with Crippen molar-refractivity contribution in [2.24, 2.45) is 5.41 Å². The lowest BCUT2D eigenvalue weighted by atomic mass is 10.0. The van der Waals surface area contributed by atoms with Gasteiger partial charge in [-0.15, -0.1) is 0 Å². The molecule has 0 heterocycles. The minimum Gasteiger partial charge on any atom is -0.478 e. The van der Waals surface area contributed by atoms with Gasteiger partial charge in [0.1, 0.15) is 0 Å². The number of aliphatic hydroxyl groups excluding tert-OH is 1. The summed E-state index contributed by atoms with van der Waals surface area (Å²) in [4.78, 5) is 11.2. The van der Waals surface area contributed by atoms with Crippen LogP contribution in [-0.4, -0.2) is 29.3 Å². The molecule has 1 aliphatic rings. The van der Waals surface area contributed by atoms with E-state index in [1.807, 2.05) is 13.0 Å². The summed E-state index contributed by atoms with van der Waals surface area (Å²) in [7, 11) is 0. The molecule has 1 aromatic rings. The van der Waals surface area contributed by atoms with Crippen molar-refractivity contribution in [2.45, 2.75) is 26.2 Å². The van der Waals surface area contributed by atoms with Crippen LogP contribution < -0.4 is 5.32 Å². The molecule has 1 aromatic carbocycles. The van der Waals surface area contributed by atoms with Crippen molar-refractivity contribution in [3.05, 3.63) is 29.3 Å². The number of hydrogen-bond donors (Lipinski definition) is 3. The normalized spacial score (nSPS) is 16.3. The summed E-state index contributed by atoms with van der Waals surface area (Å²) in [6.07, 6.45) is 3.00. The predicted octanol–water partition coefficient (Wildman–Crippen LogP) is 2.27. The SMILES string of the molecule is Cc1cccc(C(=O)O)c1NCC1(CCO)CC1. The summed E-state index contributed by atoms with van der Waals surface area (Å²) in [6.45, 7) is 2.83. The second-order valence-corrected chi connectivity index (χ2v) is 5.13. The first kappa shape index (κ1) is 12.9. The zero-order chi connectivity index (χ0) is 13.2. The first-order valence-corrected chi connectivity index (χ1v) is 6.26. The van der Waals surface area contributed by atoms with Gasteiger partial charge in [0.05, 0.1) is 11.3 Å². The van der Waals surface area contributed by atoms with E-state index in [-0.39, 0.29) is 12.0 Å². The van der Waals surface area contributed by atoms with E-state index in [2.05, 4.69) is 5.32 Å². The average molecular weight is 249 g/mol. The van der Waals surface area contributed by atoms with E-state index in [4.69, 9.17) is 10.2 Å². The lowest BCUT2D eigenvalue weighted by molar-refractivity contribution is 0.0697. The van der Waals surface area contributed by atoms with Crippen molar-refractivity contribution in [3.63, 3.8) is 0 Å². The highest BCUT2D eigenvalue weighted by Gasteiger charge is 2.41. The van der Waals surface area contributed by atoms with Crippen LogP contribution in [0.4, 0.5) is 5.69 Å². The number of carbonyl (C=O) groups is 1. The zero-order valence-corrected chi connectivity index (χ0v) is 10.6. The van der Waals surface area contributed by atoms with E-state index in [1.165, 1.54) is 0 Å². The smallest absolute Gasteiger partial charge is 0.337 e. The van der Waals surface area contributed by atoms with E-state index >= 15 is 0 Å². The van der Waals surface area contributed by atoms with Crippen LogP contribution in [0.15, 0.2) is 18.2 Å². The minimum atomic E-state index is -0.909. The highest BCUT2D eigenvalue weighted by molar-refractivity contribution is 5.95. The standard InChI is InChI=1S/C14H19NO3/c1-10-3-2-4-11(13(17)18)12(10)15-9-14(5-6-14)7-8-16/h2-4,15-16H,5-9H2,1H3,(H,17,18). The molecule has 4 heteroatoms. The Balaban J connectivity index is 2.11. The highest BCUT2D eigenvalue weighted by Crippen LogP contribution is 2.48. The summed E-state index contributed by atoms with van der Waals surface area (Å²) in [6, 6.07) is 5.27. The molecule has 0 unspecified atom stereocenters. The number of aromatic carboxylic acids is 1. The van der Waals surface area contributed by atoms with Crippen molar-refractivity contribution >= 4 is 11.7 Å².